The van der Waals surface area contributed by atoms with E-state index in [0.717, 1.165) is 74.0 Å². The fraction of sp³-hybridized carbons (Fsp3) is 0.257. The second-order valence-electron chi connectivity index (χ2n) is 10.0. The highest BCUT2D eigenvalue weighted by Crippen LogP contribution is 2.17. The number of hydrogen-bond acceptors (Lipinski definition) is 5. The lowest BCUT2D eigenvalue weighted by atomic mass is 10.1. The summed E-state index contributed by atoms with van der Waals surface area (Å²) >= 11 is 0. The summed E-state index contributed by atoms with van der Waals surface area (Å²) in [5.41, 5.74) is 7.44. The van der Waals surface area contributed by atoms with Gasteiger partial charge in [-0.05, 0) is 47.4 Å². The predicted molar refractivity (Wildman–Crippen MR) is 165 cm³/mol. The quantitative estimate of drug-likeness (QED) is 0.151. The molecule has 0 fully saturated rings. The molecule has 0 amide bonds. The van der Waals surface area contributed by atoms with Gasteiger partial charge in [-0.1, -0.05) is 92.9 Å². The Bertz CT molecular complexity index is 1260. The maximum absolute atomic E-state index is 5.33. The molecule has 2 aromatic carbocycles. The van der Waals surface area contributed by atoms with E-state index >= 15 is 0 Å². The van der Waals surface area contributed by atoms with E-state index in [0.29, 0.717) is 5.76 Å². The van der Waals surface area contributed by atoms with E-state index in [2.05, 4.69) is 115 Å². The van der Waals surface area contributed by atoms with Crippen LogP contribution >= 0.6 is 0 Å². The lowest BCUT2D eigenvalue weighted by Gasteiger charge is -2.28. The van der Waals surface area contributed by atoms with Crippen molar-refractivity contribution in [2.24, 2.45) is 0 Å². The zero-order chi connectivity index (χ0) is 28.2. The summed E-state index contributed by atoms with van der Waals surface area (Å²) in [5, 5.41) is 0. The second-order valence-corrected chi connectivity index (χ2v) is 10.0. The van der Waals surface area contributed by atoms with Crippen molar-refractivity contribution in [3.05, 3.63) is 144 Å². The van der Waals surface area contributed by atoms with Crippen LogP contribution in [0.25, 0.3) is 11.3 Å². The molecule has 0 radical (unpaired) electrons. The maximum atomic E-state index is 5.33. The molecule has 0 N–H and O–H groups in total. The van der Waals surface area contributed by atoms with Crippen LogP contribution < -0.4 is 0 Å². The van der Waals surface area contributed by atoms with E-state index in [1.165, 1.54) is 11.1 Å². The van der Waals surface area contributed by atoms with Crippen LogP contribution in [0.4, 0.5) is 0 Å². The molecule has 0 aliphatic rings. The van der Waals surface area contributed by atoms with Crippen molar-refractivity contribution in [2.75, 3.05) is 20.2 Å². The van der Waals surface area contributed by atoms with E-state index in [-0.39, 0.29) is 0 Å². The average molecular weight is 533 g/mol. The molecule has 2 aromatic heterocycles. The van der Waals surface area contributed by atoms with Crippen LogP contribution in [-0.2, 0) is 30.9 Å². The summed E-state index contributed by atoms with van der Waals surface area (Å²) in [5.74, 6) is 0.575. The van der Waals surface area contributed by atoms with Crippen molar-refractivity contribution in [2.45, 2.75) is 39.5 Å². The molecule has 5 heteroatoms. The molecule has 40 heavy (non-hydrogen) atoms. The molecule has 206 valence electrons. The average Bonchev–Trinajstić information content (AvgIpc) is 3.00. The van der Waals surface area contributed by atoms with Crippen molar-refractivity contribution in [3.63, 3.8) is 0 Å². The molecule has 0 aliphatic carbocycles. The molecular formula is C35H40N4O. The first-order valence-corrected chi connectivity index (χ1v) is 13.9. The standard InChI is InChI=1S/C35H40N4O/c1-5-28(2)34-20-12-18-32(36-34)26-38(24-30-14-8-6-9-15-30)22-23-39(25-31-16-10-7-11-17-31)27-33-19-13-21-35(37-33)29(3)40-4/h6-21H,2-3,5,22-27H2,1,4H3. The number of rotatable bonds is 15. The van der Waals surface area contributed by atoms with Crippen molar-refractivity contribution >= 4 is 11.3 Å². The minimum atomic E-state index is 0.575. The zero-order valence-corrected chi connectivity index (χ0v) is 23.8. The monoisotopic (exact) mass is 532 g/mol. The van der Waals surface area contributed by atoms with Crippen LogP contribution in [-0.4, -0.2) is 40.0 Å². The van der Waals surface area contributed by atoms with E-state index in [1.807, 2.05) is 12.1 Å². The Morgan fingerprint density at radius 1 is 0.625 bits per heavy atom. The van der Waals surface area contributed by atoms with Gasteiger partial charge in [-0.25, -0.2) is 4.98 Å². The van der Waals surface area contributed by atoms with Gasteiger partial charge in [0, 0.05) is 39.3 Å². The Labute approximate surface area is 239 Å². The van der Waals surface area contributed by atoms with Gasteiger partial charge in [0.15, 0.2) is 0 Å². The maximum Gasteiger partial charge on any atom is 0.137 e. The van der Waals surface area contributed by atoms with Gasteiger partial charge in [-0.15, -0.1) is 0 Å². The van der Waals surface area contributed by atoms with E-state index in [4.69, 9.17) is 14.7 Å². The SMILES string of the molecule is C=C(CC)c1cccc(CN(CCN(Cc2ccccc2)Cc2cccc(C(=C)OC)n2)Cc2ccccc2)n1. The zero-order valence-electron chi connectivity index (χ0n) is 23.8. The highest BCUT2D eigenvalue weighted by atomic mass is 16.5. The largest absolute Gasteiger partial charge is 0.495 e. The molecular weight excluding hydrogens is 492 g/mol. The smallest absolute Gasteiger partial charge is 0.137 e. The van der Waals surface area contributed by atoms with Crippen LogP contribution in [0.15, 0.2) is 110 Å². The first kappa shape index (κ1) is 28.9. The van der Waals surface area contributed by atoms with Crippen molar-refractivity contribution in [1.29, 1.82) is 0 Å². The van der Waals surface area contributed by atoms with Crippen LogP contribution in [0.1, 0.15) is 47.2 Å². The first-order valence-electron chi connectivity index (χ1n) is 13.9. The van der Waals surface area contributed by atoms with E-state index in [9.17, 15) is 0 Å². The number of aromatic nitrogens is 2. The third kappa shape index (κ3) is 8.73. The number of benzene rings is 2. The number of allylic oxidation sites excluding steroid dienone is 1. The predicted octanol–water partition coefficient (Wildman–Crippen LogP) is 7.22. The van der Waals surface area contributed by atoms with Crippen molar-refractivity contribution < 1.29 is 4.74 Å². The molecule has 4 aromatic rings. The lowest BCUT2D eigenvalue weighted by Crippen LogP contribution is -2.34. The summed E-state index contributed by atoms with van der Waals surface area (Å²) in [6.45, 7) is 15.2. The molecule has 0 atom stereocenters. The molecule has 0 bridgehead atoms. The third-order valence-electron chi connectivity index (χ3n) is 6.94. The second kappa shape index (κ2) is 14.9. The number of hydrogen-bond donors (Lipinski definition) is 0. The fourth-order valence-electron chi connectivity index (χ4n) is 4.63. The topological polar surface area (TPSA) is 41.5 Å². The number of ether oxygens (including phenoxy) is 1. The van der Waals surface area contributed by atoms with Gasteiger partial charge in [0.2, 0.25) is 0 Å². The number of nitrogens with zero attached hydrogens (tertiary/aromatic N) is 4. The van der Waals surface area contributed by atoms with Gasteiger partial charge in [0.05, 0.1) is 24.2 Å². The van der Waals surface area contributed by atoms with Gasteiger partial charge in [0.1, 0.15) is 11.5 Å². The molecule has 0 aliphatic heterocycles. The molecule has 2 heterocycles. The van der Waals surface area contributed by atoms with Crippen molar-refractivity contribution in [3.8, 4) is 0 Å². The molecule has 4 rings (SSSR count). The minimum Gasteiger partial charge on any atom is -0.495 e. The fourth-order valence-corrected chi connectivity index (χ4v) is 4.63. The summed E-state index contributed by atoms with van der Waals surface area (Å²) in [6.07, 6.45) is 0.894. The van der Waals surface area contributed by atoms with Gasteiger partial charge < -0.3 is 4.74 Å². The highest BCUT2D eigenvalue weighted by Gasteiger charge is 2.14. The summed E-state index contributed by atoms with van der Waals surface area (Å²) in [4.78, 5) is 14.7. The summed E-state index contributed by atoms with van der Waals surface area (Å²) in [6, 6.07) is 33.6. The normalized spacial score (nSPS) is 11.1. The highest BCUT2D eigenvalue weighted by molar-refractivity contribution is 5.59. The van der Waals surface area contributed by atoms with Crippen LogP contribution in [0.5, 0.6) is 0 Å². The molecule has 0 saturated heterocycles. The van der Waals surface area contributed by atoms with Gasteiger partial charge in [-0.2, -0.15) is 0 Å². The molecule has 5 nitrogen and oxygen atoms in total. The first-order chi connectivity index (χ1) is 19.5. The Balaban J connectivity index is 1.54. The third-order valence-corrected chi connectivity index (χ3v) is 6.94. The van der Waals surface area contributed by atoms with Gasteiger partial charge in [0.25, 0.3) is 0 Å². The molecule has 0 saturated carbocycles. The van der Waals surface area contributed by atoms with Gasteiger partial charge >= 0.3 is 0 Å². The van der Waals surface area contributed by atoms with E-state index in [1.54, 1.807) is 7.11 Å². The lowest BCUT2D eigenvalue weighted by molar-refractivity contribution is 0.180. The Morgan fingerprint density at radius 2 is 1.10 bits per heavy atom. The Morgan fingerprint density at radius 3 is 1.57 bits per heavy atom. The van der Waals surface area contributed by atoms with Crippen LogP contribution in [0, 0.1) is 0 Å². The van der Waals surface area contributed by atoms with Crippen LogP contribution in [0.3, 0.4) is 0 Å². The molecule has 0 spiro atoms. The Hall–Kier alpha value is -4.06. The van der Waals surface area contributed by atoms with Crippen LogP contribution in [0.2, 0.25) is 0 Å². The van der Waals surface area contributed by atoms with Crippen molar-refractivity contribution in [1.82, 2.24) is 19.8 Å². The number of pyridine rings is 2. The molecule has 0 unspecified atom stereocenters. The summed E-state index contributed by atoms with van der Waals surface area (Å²) < 4.78 is 5.33. The van der Waals surface area contributed by atoms with Gasteiger partial charge in [-0.3, -0.25) is 14.8 Å². The van der Waals surface area contributed by atoms with E-state index < -0.39 is 0 Å². The minimum absolute atomic E-state index is 0.575. The summed E-state index contributed by atoms with van der Waals surface area (Å²) in [7, 11) is 1.63. The number of methoxy groups -OCH3 is 1. The Kier molecular flexibility index (Phi) is 10.8.